The van der Waals surface area contributed by atoms with Gasteiger partial charge in [0.25, 0.3) is 21.8 Å². The summed E-state index contributed by atoms with van der Waals surface area (Å²) in [6.45, 7) is -2.04. The molecule has 2 amide bonds. The number of aromatic nitrogens is 2. The van der Waals surface area contributed by atoms with E-state index < -0.39 is 100 Å². The molecule has 0 spiro atoms. The highest BCUT2D eigenvalue weighted by Crippen LogP contribution is 2.44. The number of hydrogen-bond donors (Lipinski definition) is 4. The Morgan fingerprint density at radius 2 is 1.86 bits per heavy atom. The number of ether oxygens (including phenoxy) is 2. The van der Waals surface area contributed by atoms with E-state index in [1.165, 1.54) is 13.8 Å². The van der Waals surface area contributed by atoms with Crippen molar-refractivity contribution in [1.82, 2.24) is 15.1 Å². The number of aliphatic hydroxyl groups excluding tert-OH is 1. The van der Waals surface area contributed by atoms with Crippen LogP contribution in [0.1, 0.15) is 34.2 Å². The number of carboxylic acid groups (broad SMARTS) is 1. The second-order valence-electron chi connectivity index (χ2n) is 10.5. The van der Waals surface area contributed by atoms with Gasteiger partial charge in [0.2, 0.25) is 0 Å². The molecule has 1 aromatic heterocycles. The van der Waals surface area contributed by atoms with Crippen LogP contribution in [-0.2, 0) is 14.8 Å². The molecule has 2 aromatic rings. The van der Waals surface area contributed by atoms with E-state index >= 15 is 0 Å². The molecule has 246 valence electrons. The molecule has 20 heteroatoms. The average Bonchev–Trinajstić information content (AvgIpc) is 3.34. The van der Waals surface area contributed by atoms with Crippen molar-refractivity contribution in [2.24, 2.45) is 0 Å². The molecule has 0 saturated carbocycles. The van der Waals surface area contributed by atoms with Crippen LogP contribution in [0.25, 0.3) is 0 Å². The van der Waals surface area contributed by atoms with Gasteiger partial charge in [-0.15, -0.1) is 5.10 Å². The molecule has 1 aliphatic heterocycles. The first-order valence-corrected chi connectivity index (χ1v) is 14.1. The van der Waals surface area contributed by atoms with Crippen molar-refractivity contribution in [3.05, 3.63) is 24.4 Å². The molecule has 44 heavy (non-hydrogen) atoms. The van der Waals surface area contributed by atoms with Crippen LogP contribution in [0.4, 0.5) is 38.1 Å². The monoisotopic (exact) mass is 659 g/mol. The molecule has 1 aromatic carbocycles. The summed E-state index contributed by atoms with van der Waals surface area (Å²) >= 11 is 0. The molecule has 0 aliphatic carbocycles. The Bertz CT molecular complexity index is 1490. The number of benzene rings is 1. The van der Waals surface area contributed by atoms with Gasteiger partial charge in [-0.2, -0.15) is 22.0 Å². The van der Waals surface area contributed by atoms with Crippen LogP contribution in [0.2, 0.25) is 0 Å². The van der Waals surface area contributed by atoms with Gasteiger partial charge in [-0.25, -0.2) is 17.9 Å². The third-order valence-electron chi connectivity index (χ3n) is 6.39. The highest BCUT2D eigenvalue weighted by atomic mass is 32.2. The van der Waals surface area contributed by atoms with Crippen LogP contribution in [-0.4, -0.2) is 95.2 Å². The van der Waals surface area contributed by atoms with Crippen molar-refractivity contribution in [2.75, 3.05) is 35.5 Å². The molecule has 4 N–H and O–H groups in total. The van der Waals surface area contributed by atoms with Gasteiger partial charge in [-0.3, -0.25) is 14.0 Å². The standard InChI is InChI=1S/C24H30F5N5O9S/c1-22(2,39)19(36)30-10-14-11-33(44(40,41)17-12-32(20(25)26)31-18(17)42-8-7-35)15-9-13(5-6-16(15)43-14)34(21(37)38)23(3,4)24(27,28)29/h5-6,9,12,14,20,35,39H,7-8,10-11H2,1-4H3,(H,30,36)(H,37,38)/t14-/m0/s1. The Hall–Kier alpha value is -3.91. The molecular formula is C24H30F5N5O9S. The minimum Gasteiger partial charge on any atom is -0.484 e. The van der Waals surface area contributed by atoms with Gasteiger partial charge in [0, 0.05) is 0 Å². The highest BCUT2D eigenvalue weighted by Gasteiger charge is 2.54. The molecule has 0 saturated heterocycles. The Morgan fingerprint density at radius 3 is 2.39 bits per heavy atom. The fourth-order valence-corrected chi connectivity index (χ4v) is 5.55. The van der Waals surface area contributed by atoms with Gasteiger partial charge >= 0.3 is 18.8 Å². The molecule has 0 radical (unpaired) electrons. The molecule has 0 unspecified atom stereocenters. The highest BCUT2D eigenvalue weighted by molar-refractivity contribution is 7.93. The van der Waals surface area contributed by atoms with E-state index in [9.17, 15) is 50.2 Å². The predicted octanol–water partition coefficient (Wildman–Crippen LogP) is 2.32. The van der Waals surface area contributed by atoms with E-state index in [4.69, 9.17) is 14.6 Å². The number of rotatable bonds is 11. The number of alkyl halides is 5. The minimum absolute atomic E-state index is 0.0294. The average molecular weight is 660 g/mol. The zero-order chi connectivity index (χ0) is 33.4. The van der Waals surface area contributed by atoms with Crippen LogP contribution < -0.4 is 24.0 Å². The number of halogens is 5. The number of amides is 2. The van der Waals surface area contributed by atoms with Crippen LogP contribution in [0, 0.1) is 0 Å². The summed E-state index contributed by atoms with van der Waals surface area (Å²) in [7, 11) is -5.00. The number of aliphatic hydroxyl groups is 2. The maximum atomic E-state index is 14.0. The molecule has 2 heterocycles. The van der Waals surface area contributed by atoms with E-state index in [1.807, 2.05) is 0 Å². The Labute approximate surface area is 247 Å². The van der Waals surface area contributed by atoms with Crippen LogP contribution in [0.15, 0.2) is 29.3 Å². The minimum atomic E-state index is -5.07. The zero-order valence-corrected chi connectivity index (χ0v) is 24.5. The van der Waals surface area contributed by atoms with Crippen LogP contribution in [0.5, 0.6) is 11.6 Å². The maximum absolute atomic E-state index is 14.0. The van der Waals surface area contributed by atoms with Crippen molar-refractivity contribution < 1.29 is 64.8 Å². The van der Waals surface area contributed by atoms with Gasteiger partial charge < -0.3 is 30.1 Å². The van der Waals surface area contributed by atoms with Crippen molar-refractivity contribution in [2.45, 2.75) is 62.6 Å². The number of anilines is 2. The fourth-order valence-electron chi connectivity index (χ4n) is 3.99. The second-order valence-corrected chi connectivity index (χ2v) is 12.3. The Morgan fingerprint density at radius 1 is 1.23 bits per heavy atom. The molecule has 1 atom stereocenters. The lowest BCUT2D eigenvalue weighted by molar-refractivity contribution is -0.175. The Kier molecular flexibility index (Phi) is 9.61. The van der Waals surface area contributed by atoms with Crippen molar-refractivity contribution >= 4 is 33.4 Å². The summed E-state index contributed by atoms with van der Waals surface area (Å²) in [5.41, 5.74) is -5.92. The number of nitrogens with zero attached hydrogens (tertiary/aromatic N) is 4. The summed E-state index contributed by atoms with van der Waals surface area (Å²) in [5, 5.41) is 34.5. The number of nitrogens with one attached hydrogen (secondary N) is 1. The third kappa shape index (κ3) is 6.91. The lowest BCUT2D eigenvalue weighted by Gasteiger charge is -2.39. The van der Waals surface area contributed by atoms with E-state index in [0.717, 1.165) is 18.2 Å². The molecule has 3 rings (SSSR count). The first-order chi connectivity index (χ1) is 20.1. The van der Waals surface area contributed by atoms with Crippen LogP contribution in [0.3, 0.4) is 0 Å². The smallest absolute Gasteiger partial charge is 0.412 e. The summed E-state index contributed by atoms with van der Waals surface area (Å²) < 4.78 is 108. The molecular weight excluding hydrogens is 629 g/mol. The molecule has 0 fully saturated rings. The third-order valence-corrected chi connectivity index (χ3v) is 8.15. The fraction of sp³-hybridized carbons (Fsp3) is 0.542. The van der Waals surface area contributed by atoms with Crippen LogP contribution >= 0.6 is 0 Å². The van der Waals surface area contributed by atoms with Gasteiger partial charge in [-0.1, -0.05) is 0 Å². The number of carbonyl (C=O) groups is 2. The predicted molar refractivity (Wildman–Crippen MR) is 141 cm³/mol. The first-order valence-electron chi connectivity index (χ1n) is 12.7. The normalized spacial score (nSPS) is 15.9. The Balaban J connectivity index is 2.20. The molecule has 14 nitrogen and oxygen atoms in total. The first kappa shape index (κ1) is 34.6. The van der Waals surface area contributed by atoms with E-state index in [-0.39, 0.29) is 15.3 Å². The maximum Gasteiger partial charge on any atom is 0.412 e. The largest absolute Gasteiger partial charge is 0.484 e. The summed E-state index contributed by atoms with van der Waals surface area (Å²) in [5.74, 6) is -1.98. The topological polar surface area (TPSA) is 184 Å². The number of fused-ring (bicyclic) bond motifs is 1. The van der Waals surface area contributed by atoms with E-state index in [0.29, 0.717) is 24.3 Å². The van der Waals surface area contributed by atoms with Gasteiger partial charge in [0.05, 0.1) is 37.3 Å². The van der Waals surface area contributed by atoms with Gasteiger partial charge in [0.1, 0.15) is 29.6 Å². The van der Waals surface area contributed by atoms with E-state index in [1.54, 1.807) is 0 Å². The number of hydrogen-bond acceptors (Lipinski definition) is 9. The summed E-state index contributed by atoms with van der Waals surface area (Å²) in [6.07, 6.45) is -7.87. The van der Waals surface area contributed by atoms with Crippen molar-refractivity contribution in [3.63, 3.8) is 0 Å². The summed E-state index contributed by atoms with van der Waals surface area (Å²) in [6, 6.07) is 2.74. The summed E-state index contributed by atoms with van der Waals surface area (Å²) in [4.78, 5) is 23.3. The zero-order valence-electron chi connectivity index (χ0n) is 23.7. The molecule has 0 bridgehead atoms. The van der Waals surface area contributed by atoms with Crippen molar-refractivity contribution in [3.8, 4) is 11.6 Å². The quantitative estimate of drug-likeness (QED) is 0.261. The van der Waals surface area contributed by atoms with E-state index in [2.05, 4.69) is 10.4 Å². The second kappa shape index (κ2) is 12.2. The van der Waals surface area contributed by atoms with Crippen molar-refractivity contribution in [1.29, 1.82) is 0 Å². The lowest BCUT2D eigenvalue weighted by atomic mass is 10.0. The number of sulfonamides is 1. The lowest BCUT2D eigenvalue weighted by Crippen LogP contribution is -2.57. The molecule has 1 aliphatic rings. The number of carbonyl (C=O) groups excluding carboxylic acids is 1. The van der Waals surface area contributed by atoms with Gasteiger partial charge in [-0.05, 0) is 45.9 Å². The van der Waals surface area contributed by atoms with Gasteiger partial charge in [0.15, 0.2) is 4.90 Å². The SMILES string of the molecule is CC(C)(O)C(=O)NC[C@H]1CN(S(=O)(=O)c2cn(C(F)F)nc2OCCO)c2cc(N(C(=O)O)C(C)(C)C(F)(F)F)ccc2O1.